The van der Waals surface area contributed by atoms with Gasteiger partial charge in [-0.2, -0.15) is 5.10 Å². The summed E-state index contributed by atoms with van der Waals surface area (Å²) in [5, 5.41) is 15.8. The van der Waals surface area contributed by atoms with Crippen molar-refractivity contribution in [3.63, 3.8) is 0 Å². The molecule has 2 aliphatic rings. The number of hydrogen-bond donors (Lipinski definition) is 2. The van der Waals surface area contributed by atoms with Gasteiger partial charge in [0, 0.05) is 35.9 Å². The third kappa shape index (κ3) is 4.91. The van der Waals surface area contributed by atoms with Crippen LogP contribution in [0.1, 0.15) is 23.1 Å². The predicted molar refractivity (Wildman–Crippen MR) is 136 cm³/mol. The second-order valence-electron chi connectivity index (χ2n) is 8.83. The van der Waals surface area contributed by atoms with Crippen molar-refractivity contribution >= 4 is 21.3 Å². The fraction of sp³-hybridized carbons (Fsp3) is 0.222. The van der Waals surface area contributed by atoms with Gasteiger partial charge >= 0.3 is 0 Å². The van der Waals surface area contributed by atoms with E-state index < -0.39 is 16.1 Å². The van der Waals surface area contributed by atoms with Crippen molar-refractivity contribution in [2.75, 3.05) is 17.6 Å². The van der Waals surface area contributed by atoms with Gasteiger partial charge in [-0.15, -0.1) is 0 Å². The Kier molecular flexibility index (Phi) is 6.03. The Morgan fingerprint density at radius 1 is 1.23 bits per heavy atom. The van der Waals surface area contributed by atoms with Crippen LogP contribution in [0.5, 0.6) is 5.75 Å². The number of aliphatic hydroxyl groups is 1. The van der Waals surface area contributed by atoms with E-state index in [9.17, 15) is 13.5 Å². The summed E-state index contributed by atoms with van der Waals surface area (Å²) in [6.45, 7) is 0.363. The van der Waals surface area contributed by atoms with E-state index in [2.05, 4.69) is 15.9 Å². The van der Waals surface area contributed by atoms with E-state index in [1.54, 1.807) is 12.1 Å². The molecule has 2 aromatic carbocycles. The van der Waals surface area contributed by atoms with Crippen LogP contribution >= 0.6 is 0 Å². The Bertz CT molecular complexity index is 1470. The molecule has 35 heavy (non-hydrogen) atoms. The monoisotopic (exact) mass is 488 g/mol. The minimum Gasteiger partial charge on any atom is -0.493 e. The zero-order valence-electron chi connectivity index (χ0n) is 19.5. The molecule has 8 heteroatoms. The topological polar surface area (TPSA) is 93.5 Å². The summed E-state index contributed by atoms with van der Waals surface area (Å²) in [7, 11) is -1.51. The second-order valence-corrected chi connectivity index (χ2v) is 10.6. The van der Waals surface area contributed by atoms with Crippen LogP contribution in [0.4, 0.5) is 5.69 Å². The van der Waals surface area contributed by atoms with Crippen LogP contribution in [0.25, 0.3) is 16.7 Å². The van der Waals surface area contributed by atoms with Gasteiger partial charge in [-0.05, 0) is 30.2 Å². The van der Waals surface area contributed by atoms with Crippen LogP contribution in [-0.2, 0) is 23.5 Å². The number of sulfonamides is 1. The quantitative estimate of drug-likeness (QED) is 0.511. The molecule has 0 saturated heterocycles. The Morgan fingerprint density at radius 2 is 2.06 bits per heavy atom. The third-order valence-electron chi connectivity index (χ3n) is 6.23. The van der Waals surface area contributed by atoms with Crippen molar-refractivity contribution < 1.29 is 18.3 Å². The number of aromatic nitrogens is 2. The molecule has 0 fully saturated rings. The van der Waals surface area contributed by atoms with Gasteiger partial charge in [-0.3, -0.25) is 9.40 Å². The Labute approximate surface area is 205 Å². The van der Waals surface area contributed by atoms with E-state index in [1.807, 2.05) is 72.4 Å². The number of benzene rings is 2. The Balaban J connectivity index is 1.37. The van der Waals surface area contributed by atoms with E-state index in [-0.39, 0.29) is 5.92 Å². The van der Waals surface area contributed by atoms with Gasteiger partial charge in [0.2, 0.25) is 10.0 Å². The summed E-state index contributed by atoms with van der Waals surface area (Å²) >= 11 is 0. The molecule has 3 aromatic rings. The van der Waals surface area contributed by atoms with Crippen LogP contribution in [-0.4, -0.2) is 36.2 Å². The van der Waals surface area contributed by atoms with E-state index in [4.69, 9.17) is 4.74 Å². The average Bonchev–Trinajstić information content (AvgIpc) is 3.21. The van der Waals surface area contributed by atoms with Crippen molar-refractivity contribution in [1.29, 1.82) is 0 Å². The van der Waals surface area contributed by atoms with Crippen molar-refractivity contribution in [1.82, 2.24) is 9.78 Å². The first-order chi connectivity index (χ1) is 16.8. The molecule has 5 rings (SSSR count). The molecule has 0 radical (unpaired) electrons. The van der Waals surface area contributed by atoms with Gasteiger partial charge in [0.05, 0.1) is 36.8 Å². The minimum atomic E-state index is -3.42. The first kappa shape index (κ1) is 23.1. The molecule has 0 bridgehead atoms. The molecule has 0 amide bonds. The van der Waals surface area contributed by atoms with Gasteiger partial charge in [0.1, 0.15) is 29.2 Å². The van der Waals surface area contributed by atoms with Gasteiger partial charge in [-0.1, -0.05) is 30.3 Å². The van der Waals surface area contributed by atoms with Crippen LogP contribution in [0.2, 0.25) is 0 Å². The molecule has 1 aliphatic carbocycles. The van der Waals surface area contributed by atoms with Crippen LogP contribution in [0.3, 0.4) is 0 Å². The zero-order valence-corrected chi connectivity index (χ0v) is 20.3. The number of fused-ring (bicyclic) bond motifs is 1. The summed E-state index contributed by atoms with van der Waals surface area (Å²) in [6.07, 6.45) is 11.7. The van der Waals surface area contributed by atoms with Crippen LogP contribution < -0.4 is 9.46 Å². The zero-order chi connectivity index (χ0) is 24.6. The highest BCUT2D eigenvalue weighted by Gasteiger charge is 2.31. The van der Waals surface area contributed by atoms with Crippen molar-refractivity contribution in [3.05, 3.63) is 95.9 Å². The molecule has 178 valence electrons. The fourth-order valence-corrected chi connectivity index (χ4v) is 5.05. The summed E-state index contributed by atoms with van der Waals surface area (Å²) in [4.78, 5) is 0. The first-order valence-electron chi connectivity index (χ1n) is 11.3. The molecular formula is C27H26N3O4S+. The smallest absolute Gasteiger partial charge is 0.229 e. The highest BCUT2D eigenvalue weighted by atomic mass is 32.2. The number of hydrogen-bond acceptors (Lipinski definition) is 5. The Morgan fingerprint density at radius 3 is 2.83 bits per heavy atom. The number of aliphatic hydroxyl groups excluding tert-OH is 1. The SMILES string of the molecule is Cn1nc(C2=CC=[C+]C=C2)cc1C[C@@H]1COc2cc(-c3ccccc3NS(C)(=O)=O)ccc2[C@H]1O. The van der Waals surface area contributed by atoms with Crippen LogP contribution in [0, 0.1) is 12.0 Å². The normalized spacial score (nSPS) is 18.9. The predicted octanol–water partition coefficient (Wildman–Crippen LogP) is 4.06. The third-order valence-corrected chi connectivity index (χ3v) is 6.82. The molecule has 1 aliphatic heterocycles. The Hall–Kier alpha value is -3.71. The second kappa shape index (κ2) is 9.15. The standard InChI is InChI=1S/C27H26N3O4S/c1-30-21(16-25(28-30)18-8-4-3-5-9-18)14-20-17-34-26-15-19(12-13-23(26)27(20)31)22-10-6-7-11-24(22)29-35(2,32)33/h4-13,15-16,20,27,29,31H,14,17H2,1-2H3/q+1/t20-,27+/m1/s1. The van der Waals surface area contributed by atoms with E-state index in [0.29, 0.717) is 24.5 Å². The van der Waals surface area contributed by atoms with Crippen molar-refractivity contribution in [3.8, 4) is 16.9 Å². The van der Waals surface area contributed by atoms with Gasteiger partial charge in [0.15, 0.2) is 0 Å². The molecule has 0 unspecified atom stereocenters. The highest BCUT2D eigenvalue weighted by molar-refractivity contribution is 7.92. The number of ether oxygens (including phenoxy) is 1. The van der Waals surface area contributed by atoms with Gasteiger partial charge in [0.25, 0.3) is 0 Å². The number of nitrogens with zero attached hydrogens (tertiary/aromatic N) is 2. The highest BCUT2D eigenvalue weighted by Crippen LogP contribution is 2.40. The first-order valence-corrected chi connectivity index (χ1v) is 13.2. The van der Waals surface area contributed by atoms with Gasteiger partial charge in [-0.25, -0.2) is 8.42 Å². The summed E-state index contributed by atoms with van der Waals surface area (Å²) in [5.41, 5.74) is 5.68. The number of anilines is 1. The van der Waals surface area contributed by atoms with Crippen LogP contribution in [0.15, 0.2) is 72.8 Å². The molecular weight excluding hydrogens is 462 g/mol. The lowest BCUT2D eigenvalue weighted by atomic mass is 9.88. The number of nitrogens with one attached hydrogen (secondary N) is 1. The lowest BCUT2D eigenvalue weighted by Gasteiger charge is -2.30. The van der Waals surface area contributed by atoms with Crippen molar-refractivity contribution in [2.24, 2.45) is 13.0 Å². The molecule has 2 atom stereocenters. The molecule has 0 saturated carbocycles. The summed E-state index contributed by atoms with van der Waals surface area (Å²) < 4.78 is 34.0. The van der Waals surface area contributed by atoms with E-state index >= 15 is 0 Å². The molecule has 0 spiro atoms. The largest absolute Gasteiger partial charge is 0.493 e. The number of para-hydroxylation sites is 1. The molecule has 7 nitrogen and oxygen atoms in total. The van der Waals surface area contributed by atoms with Crippen molar-refractivity contribution in [2.45, 2.75) is 12.5 Å². The maximum atomic E-state index is 11.8. The van der Waals surface area contributed by atoms with E-state index in [0.717, 1.165) is 39.9 Å². The number of aryl methyl sites for hydroxylation is 1. The lowest BCUT2D eigenvalue weighted by Crippen LogP contribution is -2.28. The number of rotatable bonds is 6. The average molecular weight is 489 g/mol. The number of allylic oxidation sites excluding steroid dienone is 6. The van der Waals surface area contributed by atoms with E-state index in [1.165, 1.54) is 0 Å². The molecule has 2 N–H and O–H groups in total. The summed E-state index contributed by atoms with van der Waals surface area (Å²) in [5.74, 6) is 0.478. The molecule has 2 heterocycles. The molecule has 1 aromatic heterocycles. The minimum absolute atomic E-state index is 0.125. The maximum Gasteiger partial charge on any atom is 0.229 e. The lowest BCUT2D eigenvalue weighted by molar-refractivity contribution is 0.0499. The summed E-state index contributed by atoms with van der Waals surface area (Å²) in [6, 6.07) is 14.8. The maximum absolute atomic E-state index is 11.8. The van der Waals surface area contributed by atoms with Gasteiger partial charge < -0.3 is 9.84 Å². The fourth-order valence-electron chi connectivity index (χ4n) is 4.47.